The molecule has 0 radical (unpaired) electrons. The average Bonchev–Trinajstić information content (AvgIpc) is 3.27. The minimum absolute atomic E-state index is 0.0572. The zero-order valence-electron chi connectivity index (χ0n) is 18.7. The third kappa shape index (κ3) is 4.27. The monoisotopic (exact) mass is 460 g/mol. The van der Waals surface area contributed by atoms with Crippen molar-refractivity contribution in [1.29, 1.82) is 0 Å². The summed E-state index contributed by atoms with van der Waals surface area (Å²) >= 11 is 0. The van der Waals surface area contributed by atoms with Gasteiger partial charge in [0.1, 0.15) is 6.54 Å². The van der Waals surface area contributed by atoms with Gasteiger partial charge in [0, 0.05) is 19.5 Å². The Bertz CT molecular complexity index is 1450. The van der Waals surface area contributed by atoms with Gasteiger partial charge in [0.25, 0.3) is 5.56 Å². The van der Waals surface area contributed by atoms with E-state index in [0.717, 1.165) is 22.2 Å². The number of hydrogen-bond acceptors (Lipinski definition) is 6. The molecule has 0 aliphatic carbocycles. The number of aromatic nitrogens is 4. The summed E-state index contributed by atoms with van der Waals surface area (Å²) in [7, 11) is 0. The van der Waals surface area contributed by atoms with Gasteiger partial charge in [-0.3, -0.25) is 24.3 Å². The largest absolute Gasteiger partial charge is 0.378 e. The number of fused-ring (bicyclic) bond motifs is 2. The molecule has 5 rings (SSSR count). The van der Waals surface area contributed by atoms with E-state index in [4.69, 9.17) is 4.74 Å². The summed E-state index contributed by atoms with van der Waals surface area (Å²) < 4.78 is 6.64. The van der Waals surface area contributed by atoms with Gasteiger partial charge in [-0.15, -0.1) is 0 Å². The second kappa shape index (κ2) is 9.06. The van der Waals surface area contributed by atoms with Crippen LogP contribution in [0.2, 0.25) is 0 Å². The van der Waals surface area contributed by atoms with Gasteiger partial charge in [-0.2, -0.15) is 0 Å². The number of amides is 2. The van der Waals surface area contributed by atoms with Crippen molar-refractivity contribution in [2.75, 3.05) is 31.6 Å². The van der Waals surface area contributed by atoms with Gasteiger partial charge in [0.05, 0.1) is 41.5 Å². The maximum Gasteiger partial charge on any atom is 0.261 e. The van der Waals surface area contributed by atoms with Crippen LogP contribution in [-0.2, 0) is 20.9 Å². The molecule has 1 saturated heterocycles. The van der Waals surface area contributed by atoms with Crippen LogP contribution in [0.3, 0.4) is 0 Å². The number of benzene rings is 2. The zero-order valence-corrected chi connectivity index (χ0v) is 18.7. The highest BCUT2D eigenvalue weighted by Crippen LogP contribution is 2.26. The fraction of sp³-hybridized carbons (Fsp3) is 0.292. The van der Waals surface area contributed by atoms with Crippen molar-refractivity contribution in [2.24, 2.45) is 0 Å². The Morgan fingerprint density at radius 1 is 1.09 bits per heavy atom. The minimum atomic E-state index is -0.263. The number of aromatic amines is 1. The normalized spacial score (nSPS) is 14.0. The van der Waals surface area contributed by atoms with E-state index in [1.54, 1.807) is 24.0 Å². The van der Waals surface area contributed by atoms with Crippen LogP contribution in [0.15, 0.2) is 47.5 Å². The first kappa shape index (κ1) is 21.8. The number of carbonyl (C=O) groups is 2. The first-order valence-electron chi connectivity index (χ1n) is 11.2. The van der Waals surface area contributed by atoms with Crippen molar-refractivity contribution in [3.8, 4) is 11.1 Å². The maximum atomic E-state index is 13.1. The quantitative estimate of drug-likeness (QED) is 0.471. The molecule has 1 fully saturated rings. The molecule has 0 saturated carbocycles. The van der Waals surface area contributed by atoms with Crippen molar-refractivity contribution in [2.45, 2.75) is 19.9 Å². The highest BCUT2D eigenvalue weighted by molar-refractivity contribution is 5.92. The van der Waals surface area contributed by atoms with E-state index in [1.807, 2.05) is 24.3 Å². The number of nitrogens with zero attached hydrogens (tertiary/aromatic N) is 4. The molecule has 2 aromatic carbocycles. The topological polar surface area (TPSA) is 122 Å². The van der Waals surface area contributed by atoms with Crippen LogP contribution in [-0.4, -0.2) is 62.5 Å². The van der Waals surface area contributed by atoms with E-state index in [-0.39, 0.29) is 23.9 Å². The van der Waals surface area contributed by atoms with Crippen LogP contribution in [0, 0.1) is 0 Å². The zero-order chi connectivity index (χ0) is 23.7. The molecule has 0 atom stereocenters. The first-order valence-corrected chi connectivity index (χ1v) is 11.2. The highest BCUT2D eigenvalue weighted by atomic mass is 16.5. The van der Waals surface area contributed by atoms with E-state index in [1.165, 1.54) is 10.9 Å². The highest BCUT2D eigenvalue weighted by Gasteiger charge is 2.18. The maximum absolute atomic E-state index is 13.1. The summed E-state index contributed by atoms with van der Waals surface area (Å²) in [6, 6.07) is 11.2. The van der Waals surface area contributed by atoms with Crippen LogP contribution in [0.4, 0.5) is 5.95 Å². The molecule has 1 aliphatic rings. The van der Waals surface area contributed by atoms with E-state index < -0.39 is 0 Å². The Balaban J connectivity index is 1.45. The van der Waals surface area contributed by atoms with Crippen LogP contribution < -0.4 is 10.9 Å². The Kier molecular flexibility index (Phi) is 5.81. The predicted molar refractivity (Wildman–Crippen MR) is 127 cm³/mol. The number of imidazole rings is 1. The fourth-order valence-electron chi connectivity index (χ4n) is 3.98. The molecule has 2 N–H and O–H groups in total. The molecule has 2 aromatic heterocycles. The summed E-state index contributed by atoms with van der Waals surface area (Å²) in [5, 5.41) is 3.16. The predicted octanol–water partition coefficient (Wildman–Crippen LogP) is 2.15. The molecule has 3 heterocycles. The number of hydrogen-bond donors (Lipinski definition) is 2. The van der Waals surface area contributed by atoms with Gasteiger partial charge in [0.2, 0.25) is 17.8 Å². The third-order valence-corrected chi connectivity index (χ3v) is 5.89. The molecular formula is C24H24N6O4. The van der Waals surface area contributed by atoms with Gasteiger partial charge in [-0.25, -0.2) is 9.97 Å². The number of nitrogens with one attached hydrogen (secondary N) is 2. The lowest BCUT2D eigenvalue weighted by molar-refractivity contribution is -0.136. The summed E-state index contributed by atoms with van der Waals surface area (Å²) in [5.74, 6) is 0.151. The lowest BCUT2D eigenvalue weighted by Crippen LogP contribution is -2.43. The van der Waals surface area contributed by atoms with Crippen molar-refractivity contribution < 1.29 is 14.3 Å². The van der Waals surface area contributed by atoms with Crippen LogP contribution in [0.5, 0.6) is 0 Å². The van der Waals surface area contributed by atoms with E-state index in [2.05, 4.69) is 20.3 Å². The Labute approximate surface area is 194 Å². The molecule has 10 heteroatoms. The van der Waals surface area contributed by atoms with Crippen LogP contribution >= 0.6 is 0 Å². The molecule has 0 spiro atoms. The molecule has 1 aliphatic heterocycles. The SMILES string of the molecule is CCC(=O)Nc1nc2ccc(-c3ccc4ncn(CC(=O)N5CCOCC5)c(=O)c4c3)cc2[nH]1. The average molecular weight is 460 g/mol. The number of H-pyrrole nitrogens is 1. The van der Waals surface area contributed by atoms with Crippen molar-refractivity contribution >= 4 is 39.7 Å². The van der Waals surface area contributed by atoms with Crippen LogP contribution in [0.25, 0.3) is 33.1 Å². The molecule has 34 heavy (non-hydrogen) atoms. The van der Waals surface area contributed by atoms with Gasteiger partial charge in [-0.05, 0) is 35.4 Å². The summed E-state index contributed by atoms with van der Waals surface area (Å²) in [4.78, 5) is 51.0. The molecule has 10 nitrogen and oxygen atoms in total. The van der Waals surface area contributed by atoms with Crippen molar-refractivity contribution in [1.82, 2.24) is 24.4 Å². The van der Waals surface area contributed by atoms with Gasteiger partial charge in [0.15, 0.2) is 0 Å². The van der Waals surface area contributed by atoms with E-state index >= 15 is 0 Å². The Morgan fingerprint density at radius 2 is 1.82 bits per heavy atom. The van der Waals surface area contributed by atoms with E-state index in [0.29, 0.717) is 49.6 Å². The lowest BCUT2D eigenvalue weighted by Gasteiger charge is -2.27. The van der Waals surface area contributed by atoms with Gasteiger partial charge < -0.3 is 14.6 Å². The Hall–Kier alpha value is -4.05. The van der Waals surface area contributed by atoms with Crippen LogP contribution in [0.1, 0.15) is 13.3 Å². The molecule has 2 amide bonds. The summed E-state index contributed by atoms with van der Waals surface area (Å²) in [6.45, 7) is 3.78. The van der Waals surface area contributed by atoms with E-state index in [9.17, 15) is 14.4 Å². The van der Waals surface area contributed by atoms with Crippen molar-refractivity contribution in [3.05, 3.63) is 53.1 Å². The number of morpholine rings is 1. The smallest absolute Gasteiger partial charge is 0.261 e. The van der Waals surface area contributed by atoms with Crippen molar-refractivity contribution in [3.63, 3.8) is 0 Å². The standard InChI is InChI=1S/C24H24N6O4/c1-2-21(31)28-24-26-19-6-4-16(12-20(19)27-24)15-3-5-18-17(11-15)23(33)30(14-25-18)13-22(32)29-7-9-34-10-8-29/h3-6,11-12,14H,2,7-10,13H2,1H3,(H2,26,27,28,31). The van der Waals surface area contributed by atoms with Gasteiger partial charge >= 0.3 is 0 Å². The molecule has 0 bridgehead atoms. The third-order valence-electron chi connectivity index (χ3n) is 5.89. The molecule has 0 unspecified atom stereocenters. The first-order chi connectivity index (χ1) is 16.5. The second-order valence-corrected chi connectivity index (χ2v) is 8.12. The lowest BCUT2D eigenvalue weighted by atomic mass is 10.0. The number of carbonyl (C=O) groups excluding carboxylic acids is 2. The number of ether oxygens (including phenoxy) is 1. The molecular weight excluding hydrogens is 436 g/mol. The molecule has 174 valence electrons. The second-order valence-electron chi connectivity index (χ2n) is 8.12. The number of anilines is 1. The minimum Gasteiger partial charge on any atom is -0.378 e. The fourth-order valence-corrected chi connectivity index (χ4v) is 3.98. The summed E-state index contributed by atoms with van der Waals surface area (Å²) in [5.41, 5.74) is 3.51. The summed E-state index contributed by atoms with van der Waals surface area (Å²) in [6.07, 6.45) is 1.79. The molecule has 4 aromatic rings. The van der Waals surface area contributed by atoms with Gasteiger partial charge in [-0.1, -0.05) is 19.1 Å². The Morgan fingerprint density at radius 3 is 2.59 bits per heavy atom. The number of rotatable bonds is 5.